The summed E-state index contributed by atoms with van der Waals surface area (Å²) in [7, 11) is 0. The predicted octanol–water partition coefficient (Wildman–Crippen LogP) is 3.55. The minimum atomic E-state index is -0.413. The number of carbonyl (C=O) groups excluding carboxylic acids is 1. The van der Waals surface area contributed by atoms with Gasteiger partial charge in [0.1, 0.15) is 17.4 Å². The number of para-hydroxylation sites is 1. The number of imidazole rings is 1. The second-order valence-corrected chi connectivity index (χ2v) is 6.77. The molecule has 3 aromatic heterocycles. The summed E-state index contributed by atoms with van der Waals surface area (Å²) in [5.41, 5.74) is 4.23. The lowest BCUT2D eigenvalue weighted by molar-refractivity contribution is 0.0638. The number of carbonyl (C=O) groups is 1. The van der Waals surface area contributed by atoms with Crippen LogP contribution >= 0.6 is 0 Å². The average molecular weight is 362 g/mol. The maximum Gasteiger partial charge on any atom is 0.292 e. The minimum Gasteiger partial charge on any atom is -0.458 e. The Bertz CT molecular complexity index is 1150. The van der Waals surface area contributed by atoms with Gasteiger partial charge in [-0.15, -0.1) is 0 Å². The van der Waals surface area contributed by atoms with E-state index in [0.717, 1.165) is 33.7 Å². The molecule has 0 saturated heterocycles. The minimum absolute atomic E-state index is 0.205. The van der Waals surface area contributed by atoms with Crippen molar-refractivity contribution >= 4 is 16.9 Å². The Hall–Kier alpha value is -3.35. The van der Waals surface area contributed by atoms with Crippen LogP contribution in [0.15, 0.2) is 45.8 Å². The molecule has 4 aromatic rings. The predicted molar refractivity (Wildman–Crippen MR) is 97.4 cm³/mol. The summed E-state index contributed by atoms with van der Waals surface area (Å²) >= 11 is 0. The topological polar surface area (TPSA) is 88.2 Å². The van der Waals surface area contributed by atoms with Crippen molar-refractivity contribution in [2.75, 3.05) is 6.54 Å². The Morgan fingerprint density at radius 3 is 2.89 bits per heavy atom. The lowest BCUT2D eigenvalue weighted by Gasteiger charge is -2.33. The van der Waals surface area contributed by atoms with Crippen LogP contribution in [0.1, 0.15) is 45.0 Å². The number of aryl methyl sites for hydroxylation is 2. The summed E-state index contributed by atoms with van der Waals surface area (Å²) < 4.78 is 11.6. The van der Waals surface area contributed by atoms with Crippen molar-refractivity contribution in [3.63, 3.8) is 0 Å². The number of nitrogens with zero attached hydrogens (tertiary/aromatic N) is 3. The molecule has 0 radical (unpaired) electrons. The van der Waals surface area contributed by atoms with Crippen LogP contribution in [0.4, 0.5) is 0 Å². The van der Waals surface area contributed by atoms with Gasteiger partial charge < -0.3 is 18.7 Å². The van der Waals surface area contributed by atoms with Gasteiger partial charge in [0.05, 0.1) is 17.7 Å². The van der Waals surface area contributed by atoms with Crippen molar-refractivity contribution in [2.45, 2.75) is 26.3 Å². The van der Waals surface area contributed by atoms with Gasteiger partial charge in [-0.2, -0.15) is 0 Å². The molecule has 5 rings (SSSR count). The fraction of sp³-hybridized carbons (Fsp3) is 0.250. The summed E-state index contributed by atoms with van der Waals surface area (Å²) in [6.07, 6.45) is 3.67. The number of aromatic nitrogens is 3. The van der Waals surface area contributed by atoms with E-state index in [0.29, 0.717) is 18.7 Å². The molecule has 0 bridgehead atoms. The normalized spacial score (nSPS) is 16.7. The molecule has 1 aromatic carbocycles. The largest absolute Gasteiger partial charge is 0.458 e. The van der Waals surface area contributed by atoms with Gasteiger partial charge in [-0.25, -0.2) is 9.97 Å². The lowest BCUT2D eigenvalue weighted by atomic mass is 9.97. The van der Waals surface area contributed by atoms with Crippen molar-refractivity contribution in [1.82, 2.24) is 19.9 Å². The molecule has 1 amide bonds. The molecule has 0 unspecified atom stereocenters. The number of furan rings is 1. The van der Waals surface area contributed by atoms with Gasteiger partial charge in [0.15, 0.2) is 6.39 Å². The number of hydrogen-bond acceptors (Lipinski definition) is 5. The molecular weight excluding hydrogens is 344 g/mol. The van der Waals surface area contributed by atoms with Crippen molar-refractivity contribution in [2.24, 2.45) is 0 Å². The van der Waals surface area contributed by atoms with E-state index in [1.54, 1.807) is 18.2 Å². The third-order valence-electron chi connectivity index (χ3n) is 5.25. The molecule has 7 heteroatoms. The van der Waals surface area contributed by atoms with Gasteiger partial charge in [0, 0.05) is 29.6 Å². The zero-order chi connectivity index (χ0) is 18.5. The van der Waals surface area contributed by atoms with Crippen molar-refractivity contribution in [3.8, 4) is 0 Å². The fourth-order valence-corrected chi connectivity index (χ4v) is 3.85. The van der Waals surface area contributed by atoms with Crippen LogP contribution in [0.5, 0.6) is 0 Å². The zero-order valence-corrected chi connectivity index (χ0v) is 15.0. The Morgan fingerprint density at radius 2 is 2.11 bits per heavy atom. The van der Waals surface area contributed by atoms with E-state index in [4.69, 9.17) is 8.83 Å². The third-order valence-corrected chi connectivity index (χ3v) is 5.25. The fourth-order valence-electron chi connectivity index (χ4n) is 3.85. The molecule has 136 valence electrons. The van der Waals surface area contributed by atoms with E-state index in [1.807, 2.05) is 31.2 Å². The molecule has 0 fully saturated rings. The molecule has 1 aliphatic heterocycles. The number of aromatic amines is 1. The SMILES string of the molecule is Cc1ncoc1C(=O)N1CCc2[nH]cnc2[C@@H]1c1oc2ccccc2c1C. The molecule has 0 saturated carbocycles. The van der Waals surface area contributed by atoms with Crippen LogP contribution in [-0.2, 0) is 6.42 Å². The van der Waals surface area contributed by atoms with Crippen LogP contribution in [-0.4, -0.2) is 32.3 Å². The van der Waals surface area contributed by atoms with Gasteiger partial charge in [0.25, 0.3) is 5.91 Å². The number of rotatable bonds is 2. The van der Waals surface area contributed by atoms with Crippen molar-refractivity contribution in [3.05, 3.63) is 71.2 Å². The first kappa shape index (κ1) is 15.9. The Kier molecular flexibility index (Phi) is 3.43. The first-order valence-electron chi connectivity index (χ1n) is 8.86. The number of fused-ring (bicyclic) bond motifs is 2. The number of hydrogen-bond donors (Lipinski definition) is 1. The third kappa shape index (κ3) is 2.31. The highest BCUT2D eigenvalue weighted by Gasteiger charge is 2.39. The first-order valence-corrected chi connectivity index (χ1v) is 8.86. The molecule has 0 aliphatic carbocycles. The van der Waals surface area contributed by atoms with E-state index in [2.05, 4.69) is 15.0 Å². The highest BCUT2D eigenvalue weighted by atomic mass is 16.4. The van der Waals surface area contributed by atoms with Gasteiger partial charge in [0.2, 0.25) is 5.76 Å². The van der Waals surface area contributed by atoms with Gasteiger partial charge in [-0.3, -0.25) is 4.79 Å². The van der Waals surface area contributed by atoms with Crippen LogP contribution in [0.2, 0.25) is 0 Å². The molecule has 7 nitrogen and oxygen atoms in total. The Morgan fingerprint density at radius 1 is 1.26 bits per heavy atom. The van der Waals surface area contributed by atoms with Gasteiger partial charge in [-0.1, -0.05) is 18.2 Å². The molecule has 1 atom stereocenters. The second-order valence-electron chi connectivity index (χ2n) is 6.77. The lowest BCUT2D eigenvalue weighted by Crippen LogP contribution is -2.41. The highest BCUT2D eigenvalue weighted by molar-refractivity contribution is 5.93. The second kappa shape index (κ2) is 5.84. The maximum atomic E-state index is 13.2. The summed E-state index contributed by atoms with van der Waals surface area (Å²) in [4.78, 5) is 26.8. The summed E-state index contributed by atoms with van der Waals surface area (Å²) in [5.74, 6) is 0.783. The van der Waals surface area contributed by atoms with E-state index >= 15 is 0 Å². The molecular formula is C20H18N4O3. The summed E-state index contributed by atoms with van der Waals surface area (Å²) in [5, 5.41) is 1.04. The first-order chi connectivity index (χ1) is 13.1. The zero-order valence-electron chi connectivity index (χ0n) is 15.0. The number of nitrogens with one attached hydrogen (secondary N) is 1. The quantitative estimate of drug-likeness (QED) is 0.589. The number of H-pyrrole nitrogens is 1. The molecule has 27 heavy (non-hydrogen) atoms. The van der Waals surface area contributed by atoms with E-state index in [9.17, 15) is 4.79 Å². The van der Waals surface area contributed by atoms with Crippen LogP contribution < -0.4 is 0 Å². The van der Waals surface area contributed by atoms with Gasteiger partial charge in [-0.05, 0) is 19.9 Å². The van der Waals surface area contributed by atoms with Crippen LogP contribution in [0, 0.1) is 13.8 Å². The molecule has 1 N–H and O–H groups in total. The van der Waals surface area contributed by atoms with E-state index in [-0.39, 0.29) is 11.7 Å². The van der Waals surface area contributed by atoms with Crippen LogP contribution in [0.3, 0.4) is 0 Å². The Labute approximate surface area is 155 Å². The van der Waals surface area contributed by atoms with Crippen molar-refractivity contribution < 1.29 is 13.6 Å². The molecule has 1 aliphatic rings. The number of amides is 1. The number of benzene rings is 1. The highest BCUT2D eigenvalue weighted by Crippen LogP contribution is 2.39. The monoisotopic (exact) mass is 362 g/mol. The molecule has 4 heterocycles. The smallest absolute Gasteiger partial charge is 0.292 e. The average Bonchev–Trinajstić information content (AvgIpc) is 3.39. The number of oxazole rings is 1. The summed E-state index contributed by atoms with van der Waals surface area (Å²) in [6.45, 7) is 4.32. The molecule has 0 spiro atoms. The van der Waals surface area contributed by atoms with Gasteiger partial charge >= 0.3 is 0 Å². The van der Waals surface area contributed by atoms with Crippen LogP contribution in [0.25, 0.3) is 11.0 Å². The maximum absolute atomic E-state index is 13.2. The standard InChI is InChI=1S/C20H18N4O3/c1-11-13-5-3-4-6-15(13)27-18(11)17-16-14(21-9-22-16)7-8-24(17)20(25)19-12(2)23-10-26-19/h3-6,9-10,17H,7-8H2,1-2H3,(H,21,22)/t17-/m1/s1. The van der Waals surface area contributed by atoms with E-state index < -0.39 is 6.04 Å². The Balaban J connectivity index is 1.68. The van der Waals surface area contributed by atoms with E-state index in [1.165, 1.54) is 6.39 Å². The summed E-state index contributed by atoms with van der Waals surface area (Å²) in [6, 6.07) is 7.47. The van der Waals surface area contributed by atoms with Crippen molar-refractivity contribution in [1.29, 1.82) is 0 Å².